The summed E-state index contributed by atoms with van der Waals surface area (Å²) in [7, 11) is 0. The molecule has 0 aliphatic heterocycles. The Bertz CT molecular complexity index is 537. The predicted molar refractivity (Wildman–Crippen MR) is 81.5 cm³/mol. The molecular weight excluding hydrogens is 257 g/mol. The van der Waals surface area contributed by atoms with Crippen molar-refractivity contribution in [2.75, 3.05) is 17.6 Å². The van der Waals surface area contributed by atoms with Crippen molar-refractivity contribution >= 4 is 17.4 Å². The number of aryl methyl sites for hydroxylation is 2. The summed E-state index contributed by atoms with van der Waals surface area (Å²) in [6.45, 7) is 5.11. The fourth-order valence-electron chi connectivity index (χ4n) is 1.79. The summed E-state index contributed by atoms with van der Waals surface area (Å²) < 4.78 is 12.7. The minimum atomic E-state index is -0.199. The third-order valence-corrected chi connectivity index (χ3v) is 4.04. The number of rotatable bonds is 5. The molecule has 0 saturated carbocycles. The van der Waals surface area contributed by atoms with Gasteiger partial charge < -0.3 is 5.32 Å². The van der Waals surface area contributed by atoms with E-state index in [9.17, 15) is 4.39 Å². The fraction of sp³-hybridized carbons (Fsp3) is 0.250. The van der Waals surface area contributed by atoms with Gasteiger partial charge in [0.15, 0.2) is 0 Å². The number of benzene rings is 2. The summed E-state index contributed by atoms with van der Waals surface area (Å²) in [5, 5.41) is 3.29. The van der Waals surface area contributed by atoms with Gasteiger partial charge in [0.05, 0.1) is 0 Å². The standard InChI is InChI=1S/C16H18FNS/c1-12-3-4-13(2)16(11-12)19-10-9-18-15-7-5-14(17)6-8-15/h3-8,11,18H,9-10H2,1-2H3. The average molecular weight is 275 g/mol. The first-order chi connectivity index (χ1) is 9.15. The van der Waals surface area contributed by atoms with E-state index >= 15 is 0 Å². The maximum atomic E-state index is 12.7. The summed E-state index contributed by atoms with van der Waals surface area (Å²) in [5.74, 6) is 0.789. The number of halogens is 1. The molecule has 0 aliphatic rings. The first-order valence-corrected chi connectivity index (χ1v) is 7.33. The summed E-state index contributed by atoms with van der Waals surface area (Å²) in [4.78, 5) is 1.33. The molecule has 100 valence electrons. The van der Waals surface area contributed by atoms with Gasteiger partial charge in [0.25, 0.3) is 0 Å². The lowest BCUT2D eigenvalue weighted by Gasteiger charge is -2.08. The van der Waals surface area contributed by atoms with Crippen molar-refractivity contribution in [3.05, 3.63) is 59.4 Å². The molecule has 0 saturated heterocycles. The van der Waals surface area contributed by atoms with Crippen LogP contribution >= 0.6 is 11.8 Å². The molecule has 1 N–H and O–H groups in total. The van der Waals surface area contributed by atoms with E-state index in [1.165, 1.54) is 28.2 Å². The van der Waals surface area contributed by atoms with Crippen molar-refractivity contribution in [1.29, 1.82) is 0 Å². The molecule has 2 rings (SSSR count). The maximum Gasteiger partial charge on any atom is 0.123 e. The summed E-state index contributed by atoms with van der Waals surface area (Å²) in [6, 6.07) is 13.0. The van der Waals surface area contributed by atoms with Crippen LogP contribution in [0.25, 0.3) is 0 Å². The zero-order valence-electron chi connectivity index (χ0n) is 11.2. The Kier molecular flexibility index (Phi) is 4.86. The van der Waals surface area contributed by atoms with Gasteiger partial charge in [-0.2, -0.15) is 0 Å². The van der Waals surface area contributed by atoms with E-state index in [1.54, 1.807) is 12.1 Å². The highest BCUT2D eigenvalue weighted by atomic mass is 32.2. The third kappa shape index (κ3) is 4.28. The lowest BCUT2D eigenvalue weighted by molar-refractivity contribution is 0.628. The largest absolute Gasteiger partial charge is 0.384 e. The van der Waals surface area contributed by atoms with Crippen molar-refractivity contribution in [2.45, 2.75) is 18.7 Å². The Morgan fingerprint density at radius 2 is 1.79 bits per heavy atom. The minimum absolute atomic E-state index is 0.199. The van der Waals surface area contributed by atoms with E-state index in [-0.39, 0.29) is 5.82 Å². The monoisotopic (exact) mass is 275 g/mol. The molecule has 0 unspecified atom stereocenters. The molecule has 0 aliphatic carbocycles. The number of nitrogens with one attached hydrogen (secondary N) is 1. The molecule has 2 aromatic rings. The van der Waals surface area contributed by atoms with Gasteiger partial charge in [0, 0.05) is 22.9 Å². The van der Waals surface area contributed by atoms with Crippen LogP contribution in [0.3, 0.4) is 0 Å². The van der Waals surface area contributed by atoms with Crippen molar-refractivity contribution in [2.24, 2.45) is 0 Å². The van der Waals surface area contributed by atoms with Gasteiger partial charge in [0.2, 0.25) is 0 Å². The van der Waals surface area contributed by atoms with Crippen LogP contribution in [0.15, 0.2) is 47.4 Å². The van der Waals surface area contributed by atoms with Crippen molar-refractivity contribution in [3.63, 3.8) is 0 Å². The van der Waals surface area contributed by atoms with E-state index < -0.39 is 0 Å². The predicted octanol–water partition coefficient (Wildman–Crippen LogP) is 4.65. The number of hydrogen-bond donors (Lipinski definition) is 1. The van der Waals surface area contributed by atoms with Crippen LogP contribution in [0.1, 0.15) is 11.1 Å². The first-order valence-electron chi connectivity index (χ1n) is 6.34. The zero-order chi connectivity index (χ0) is 13.7. The van der Waals surface area contributed by atoms with Crippen molar-refractivity contribution in [1.82, 2.24) is 0 Å². The van der Waals surface area contributed by atoms with Crippen LogP contribution in [-0.4, -0.2) is 12.3 Å². The van der Waals surface area contributed by atoms with Crippen LogP contribution in [0, 0.1) is 19.7 Å². The Labute approximate surface area is 118 Å². The molecule has 0 atom stereocenters. The Balaban J connectivity index is 1.80. The topological polar surface area (TPSA) is 12.0 Å². The molecule has 0 aromatic heterocycles. The lowest BCUT2D eigenvalue weighted by atomic mass is 10.2. The number of anilines is 1. The van der Waals surface area contributed by atoms with Gasteiger partial charge in [-0.15, -0.1) is 11.8 Å². The van der Waals surface area contributed by atoms with E-state index in [1.807, 2.05) is 11.8 Å². The summed E-state index contributed by atoms with van der Waals surface area (Å²) in [5.41, 5.74) is 3.57. The molecule has 1 nitrogen and oxygen atoms in total. The van der Waals surface area contributed by atoms with Gasteiger partial charge in [-0.25, -0.2) is 4.39 Å². The van der Waals surface area contributed by atoms with Gasteiger partial charge in [-0.3, -0.25) is 0 Å². The minimum Gasteiger partial charge on any atom is -0.384 e. The third-order valence-electron chi connectivity index (χ3n) is 2.88. The molecule has 0 spiro atoms. The quantitative estimate of drug-likeness (QED) is 0.630. The molecule has 2 aromatic carbocycles. The molecule has 0 radical (unpaired) electrons. The van der Waals surface area contributed by atoms with E-state index in [0.717, 1.165) is 18.0 Å². The lowest BCUT2D eigenvalue weighted by Crippen LogP contribution is -2.04. The van der Waals surface area contributed by atoms with Crippen LogP contribution in [0.4, 0.5) is 10.1 Å². The van der Waals surface area contributed by atoms with Gasteiger partial charge in [-0.1, -0.05) is 17.7 Å². The molecule has 0 fully saturated rings. The van der Waals surface area contributed by atoms with Gasteiger partial charge >= 0.3 is 0 Å². The number of thioether (sulfide) groups is 1. The van der Waals surface area contributed by atoms with E-state index in [4.69, 9.17) is 0 Å². The fourth-order valence-corrected chi connectivity index (χ4v) is 2.78. The average Bonchev–Trinajstić information content (AvgIpc) is 2.40. The second-order valence-electron chi connectivity index (χ2n) is 4.55. The smallest absolute Gasteiger partial charge is 0.123 e. The Hall–Kier alpha value is -1.48. The molecule has 0 amide bonds. The SMILES string of the molecule is Cc1ccc(C)c(SCCNc2ccc(F)cc2)c1. The highest BCUT2D eigenvalue weighted by Gasteiger charge is 1.99. The molecular formula is C16H18FNS. The van der Waals surface area contributed by atoms with Crippen molar-refractivity contribution < 1.29 is 4.39 Å². The van der Waals surface area contributed by atoms with E-state index in [0.29, 0.717) is 0 Å². The second-order valence-corrected chi connectivity index (χ2v) is 5.69. The Morgan fingerprint density at radius 1 is 1.05 bits per heavy atom. The molecule has 3 heteroatoms. The zero-order valence-corrected chi connectivity index (χ0v) is 12.1. The van der Waals surface area contributed by atoms with E-state index in [2.05, 4.69) is 37.4 Å². The van der Waals surface area contributed by atoms with Crippen LogP contribution in [0.2, 0.25) is 0 Å². The maximum absolute atomic E-state index is 12.7. The normalized spacial score (nSPS) is 10.5. The first kappa shape index (κ1) is 13.9. The van der Waals surface area contributed by atoms with Gasteiger partial charge in [-0.05, 0) is 49.7 Å². The molecule has 19 heavy (non-hydrogen) atoms. The van der Waals surface area contributed by atoms with Gasteiger partial charge in [0.1, 0.15) is 5.82 Å². The van der Waals surface area contributed by atoms with Crippen LogP contribution < -0.4 is 5.32 Å². The van der Waals surface area contributed by atoms with Crippen molar-refractivity contribution in [3.8, 4) is 0 Å². The molecule has 0 heterocycles. The highest BCUT2D eigenvalue weighted by molar-refractivity contribution is 7.99. The van der Waals surface area contributed by atoms with Crippen LogP contribution in [0.5, 0.6) is 0 Å². The number of hydrogen-bond acceptors (Lipinski definition) is 2. The highest BCUT2D eigenvalue weighted by Crippen LogP contribution is 2.23. The summed E-state index contributed by atoms with van der Waals surface area (Å²) in [6.07, 6.45) is 0. The van der Waals surface area contributed by atoms with Crippen LogP contribution in [-0.2, 0) is 0 Å². The summed E-state index contributed by atoms with van der Waals surface area (Å²) >= 11 is 1.85. The molecule has 0 bridgehead atoms. The Morgan fingerprint density at radius 3 is 2.53 bits per heavy atom. The second kappa shape index (κ2) is 6.62.